The van der Waals surface area contributed by atoms with E-state index in [0.717, 1.165) is 6.08 Å². The highest BCUT2D eigenvalue weighted by Crippen LogP contribution is 2.48. The van der Waals surface area contributed by atoms with Crippen LogP contribution < -0.4 is 10.1 Å². The highest BCUT2D eigenvalue weighted by atomic mass is 16.7. The number of methoxy groups -OCH3 is 1. The topological polar surface area (TPSA) is 173 Å². The molecular weight excluding hydrogens is 686 g/mol. The number of ketones is 3. The molecule has 1 fully saturated rings. The summed E-state index contributed by atoms with van der Waals surface area (Å²) in [4.78, 5) is 67.0. The van der Waals surface area contributed by atoms with Crippen molar-refractivity contribution < 1.29 is 57.5 Å². The van der Waals surface area contributed by atoms with Crippen molar-refractivity contribution in [2.45, 2.75) is 105 Å². The van der Waals surface area contributed by atoms with Crippen LogP contribution in [0.25, 0.3) is 0 Å². The fraction of sp³-hybridized carbons (Fsp3) is 0.525. The van der Waals surface area contributed by atoms with Crippen LogP contribution in [0.3, 0.4) is 0 Å². The van der Waals surface area contributed by atoms with E-state index in [1.807, 2.05) is 47.6 Å². The fourth-order valence-electron chi connectivity index (χ4n) is 7.71. The zero-order chi connectivity index (χ0) is 39.3. The second-order valence-electron chi connectivity index (χ2n) is 15.0. The van der Waals surface area contributed by atoms with Gasteiger partial charge in [-0.3, -0.25) is 24.0 Å². The lowest BCUT2D eigenvalue weighted by molar-refractivity contribution is -0.336. The van der Waals surface area contributed by atoms with Crippen LogP contribution in [0, 0.1) is 30.6 Å². The molecule has 286 valence electrons. The first-order chi connectivity index (χ1) is 24.7. The number of hydrogen-bond donors (Lipinski definition) is 2. The Morgan fingerprint density at radius 1 is 0.906 bits per heavy atom. The lowest BCUT2D eigenvalue weighted by Gasteiger charge is -2.50. The van der Waals surface area contributed by atoms with Gasteiger partial charge in [-0.1, -0.05) is 45.9 Å². The Kier molecular flexibility index (Phi) is 11.0. The Labute approximate surface area is 309 Å². The Hall–Kier alpha value is -4.59. The predicted molar refractivity (Wildman–Crippen MR) is 191 cm³/mol. The molecule has 5 aliphatic rings. The standard InChI is InChI=1S/C40H49NO12/c1-18-13-12-14-19(2)38(47)41-25-17-26(43)28-29(32(25)45)31(44)21(4)36-30(28)37(46)40(10,53-36)49-16-15-27(48-11)20(3)34(50-24(7)42)23(6)35-22(5)33(18)51-39(8,9)52-35/h12-18,20,22-23,27,33-35,44H,1-11H3,(H,41,47)/b13-12+,16-15+,19-14-. The summed E-state index contributed by atoms with van der Waals surface area (Å²) in [7, 11) is 1.49. The number of allylic oxidation sites excluding steroid dienone is 4. The van der Waals surface area contributed by atoms with Crippen molar-refractivity contribution in [2.75, 3.05) is 7.11 Å². The molecule has 9 atom stereocenters. The van der Waals surface area contributed by atoms with Gasteiger partial charge in [0, 0.05) is 61.8 Å². The Bertz CT molecular complexity index is 1850. The van der Waals surface area contributed by atoms with Gasteiger partial charge in [0.1, 0.15) is 17.6 Å². The van der Waals surface area contributed by atoms with Gasteiger partial charge in [0.05, 0.1) is 47.0 Å². The summed E-state index contributed by atoms with van der Waals surface area (Å²) >= 11 is 0. The molecule has 1 aromatic carbocycles. The molecule has 6 rings (SSSR count). The van der Waals surface area contributed by atoms with Crippen LogP contribution in [0.1, 0.15) is 99.0 Å². The van der Waals surface area contributed by atoms with Gasteiger partial charge in [0.15, 0.2) is 11.6 Å². The average Bonchev–Trinajstić information content (AvgIpc) is 3.35. The number of Topliss-reactive ketones (excluding diaryl/α,β-unsaturated/α-hetero) is 2. The third-order valence-corrected chi connectivity index (χ3v) is 10.6. The number of aromatic hydroxyl groups is 1. The fourth-order valence-corrected chi connectivity index (χ4v) is 7.71. The quantitative estimate of drug-likeness (QED) is 0.370. The van der Waals surface area contributed by atoms with Gasteiger partial charge < -0.3 is 38.8 Å². The van der Waals surface area contributed by atoms with E-state index < -0.39 is 76.3 Å². The number of ether oxygens (including phenoxy) is 6. The molecule has 53 heavy (non-hydrogen) atoms. The Morgan fingerprint density at radius 2 is 1.57 bits per heavy atom. The molecule has 1 aromatic rings. The second kappa shape index (κ2) is 14.7. The van der Waals surface area contributed by atoms with Crippen molar-refractivity contribution in [1.82, 2.24) is 5.32 Å². The van der Waals surface area contributed by atoms with Crippen LogP contribution in [-0.4, -0.2) is 77.4 Å². The largest absolute Gasteiger partial charge is 0.507 e. The van der Waals surface area contributed by atoms with E-state index in [2.05, 4.69) is 5.32 Å². The van der Waals surface area contributed by atoms with Crippen LogP contribution in [0.2, 0.25) is 0 Å². The number of benzene rings is 1. The van der Waals surface area contributed by atoms with E-state index in [1.54, 1.807) is 25.2 Å². The molecule has 9 unspecified atom stereocenters. The number of carbonyl (C=O) groups is 5. The van der Waals surface area contributed by atoms with Gasteiger partial charge in [0.2, 0.25) is 5.78 Å². The SMILES string of the molecule is COC1/C=C/OC2(C)Oc3c(C)c(O)c4c(c3C2=O)C(=O)C=C(NC(=O)/C(C)=C\C=C\C(C)C2OC(C)(C)OC(C2C)C(C)C(OC(C)=O)C1C)C4=O. The number of esters is 1. The summed E-state index contributed by atoms with van der Waals surface area (Å²) in [6, 6.07) is 0. The summed E-state index contributed by atoms with van der Waals surface area (Å²) in [6.07, 6.45) is 6.77. The molecule has 7 bridgehead atoms. The normalized spacial score (nSPS) is 35.2. The zero-order valence-electron chi connectivity index (χ0n) is 32.0. The van der Waals surface area contributed by atoms with Crippen molar-refractivity contribution in [3.63, 3.8) is 0 Å². The van der Waals surface area contributed by atoms with E-state index in [9.17, 15) is 29.1 Å². The molecular formula is C40H49NO12. The Morgan fingerprint density at radius 3 is 2.21 bits per heavy atom. The van der Waals surface area contributed by atoms with E-state index in [4.69, 9.17) is 28.4 Å². The minimum atomic E-state index is -2.00. The number of carbonyl (C=O) groups excluding carboxylic acids is 5. The maximum Gasteiger partial charge on any atom is 0.312 e. The molecule has 13 nitrogen and oxygen atoms in total. The van der Waals surface area contributed by atoms with Crippen molar-refractivity contribution >= 4 is 29.2 Å². The maximum absolute atomic E-state index is 14.0. The molecule has 1 aliphatic carbocycles. The Balaban J connectivity index is 1.62. The molecule has 1 amide bonds. The molecule has 13 heteroatoms. The van der Waals surface area contributed by atoms with Crippen LogP contribution in [0.4, 0.5) is 0 Å². The highest BCUT2D eigenvalue weighted by molar-refractivity contribution is 6.30. The monoisotopic (exact) mass is 735 g/mol. The van der Waals surface area contributed by atoms with Gasteiger partial charge >= 0.3 is 11.8 Å². The third kappa shape index (κ3) is 7.34. The first kappa shape index (κ1) is 39.6. The summed E-state index contributed by atoms with van der Waals surface area (Å²) in [5.41, 5.74) is -1.07. The van der Waals surface area contributed by atoms with Crippen molar-refractivity contribution in [3.8, 4) is 11.5 Å². The summed E-state index contributed by atoms with van der Waals surface area (Å²) < 4.78 is 36.6. The van der Waals surface area contributed by atoms with Crippen molar-refractivity contribution in [3.05, 3.63) is 70.2 Å². The van der Waals surface area contributed by atoms with Gasteiger partial charge in [-0.05, 0) is 33.8 Å². The number of fused-ring (bicyclic) bond motifs is 10. The summed E-state index contributed by atoms with van der Waals surface area (Å²) in [6.45, 7) is 17.2. The number of nitrogens with one attached hydrogen (secondary N) is 1. The van der Waals surface area contributed by atoms with Gasteiger partial charge in [-0.25, -0.2) is 0 Å². The molecule has 2 N–H and O–H groups in total. The van der Waals surface area contributed by atoms with Gasteiger partial charge in [-0.15, -0.1) is 0 Å². The first-order valence-corrected chi connectivity index (χ1v) is 17.7. The van der Waals surface area contributed by atoms with Crippen LogP contribution in [-0.2, 0) is 33.3 Å². The lowest BCUT2D eigenvalue weighted by atomic mass is 9.77. The zero-order valence-corrected chi connectivity index (χ0v) is 32.0. The molecule has 0 radical (unpaired) electrons. The van der Waals surface area contributed by atoms with Gasteiger partial charge in [-0.2, -0.15) is 0 Å². The first-order valence-electron chi connectivity index (χ1n) is 17.7. The third-order valence-electron chi connectivity index (χ3n) is 10.6. The average molecular weight is 736 g/mol. The summed E-state index contributed by atoms with van der Waals surface area (Å²) in [5, 5.41) is 13.7. The van der Waals surface area contributed by atoms with Gasteiger partial charge in [0.25, 0.3) is 11.7 Å². The lowest BCUT2D eigenvalue weighted by Crippen LogP contribution is -2.56. The number of phenolic OH excluding ortho intramolecular Hbond substituents is 1. The molecule has 4 heterocycles. The minimum Gasteiger partial charge on any atom is -0.507 e. The number of phenols is 1. The van der Waals surface area contributed by atoms with Crippen molar-refractivity contribution in [1.29, 1.82) is 0 Å². The smallest absolute Gasteiger partial charge is 0.312 e. The molecule has 0 saturated carbocycles. The predicted octanol–water partition coefficient (Wildman–Crippen LogP) is 5.43. The molecule has 0 spiro atoms. The minimum absolute atomic E-state index is 0.0356. The van der Waals surface area contributed by atoms with Crippen LogP contribution in [0.15, 0.2) is 47.9 Å². The maximum atomic E-state index is 14.0. The molecule has 1 saturated heterocycles. The van der Waals surface area contributed by atoms with Crippen LogP contribution >= 0.6 is 0 Å². The number of amides is 1. The highest BCUT2D eigenvalue weighted by Gasteiger charge is 2.52. The molecule has 0 aromatic heterocycles. The van der Waals surface area contributed by atoms with E-state index in [0.29, 0.717) is 0 Å². The summed E-state index contributed by atoms with van der Waals surface area (Å²) in [5.74, 6) is -8.33. The van der Waals surface area contributed by atoms with Crippen LogP contribution in [0.5, 0.6) is 11.5 Å². The number of hydrogen-bond acceptors (Lipinski definition) is 12. The molecule has 4 aliphatic heterocycles. The van der Waals surface area contributed by atoms with Crippen molar-refractivity contribution in [2.24, 2.45) is 23.7 Å². The van der Waals surface area contributed by atoms with E-state index >= 15 is 0 Å². The van der Waals surface area contributed by atoms with E-state index in [1.165, 1.54) is 34.1 Å². The number of rotatable bonds is 2. The second-order valence-corrected chi connectivity index (χ2v) is 15.0. The van der Waals surface area contributed by atoms with E-state index in [-0.39, 0.29) is 57.6 Å².